The minimum Gasteiger partial charge on any atom is -0.436 e. The summed E-state index contributed by atoms with van der Waals surface area (Å²) in [5.74, 6) is 0.683. The monoisotopic (exact) mass is 284 g/mol. The van der Waals surface area contributed by atoms with Crippen molar-refractivity contribution in [3.8, 4) is 11.5 Å². The lowest BCUT2D eigenvalue weighted by Crippen LogP contribution is -1.99. The van der Waals surface area contributed by atoms with Crippen molar-refractivity contribution in [3.05, 3.63) is 34.2 Å². The molecule has 102 valence electrons. The molecule has 0 bridgehead atoms. The quantitative estimate of drug-likeness (QED) is 0.723. The highest BCUT2D eigenvalue weighted by molar-refractivity contribution is 7.16. The van der Waals surface area contributed by atoms with Crippen LogP contribution in [0.25, 0.3) is 22.6 Å². The van der Waals surface area contributed by atoms with Gasteiger partial charge in [-0.1, -0.05) is 6.07 Å². The van der Waals surface area contributed by atoms with E-state index in [0.717, 1.165) is 34.5 Å². The summed E-state index contributed by atoms with van der Waals surface area (Å²) >= 11 is 1.70. The Morgan fingerprint density at radius 3 is 3.00 bits per heavy atom. The van der Waals surface area contributed by atoms with Gasteiger partial charge in [0.05, 0.1) is 10.6 Å². The SMILES string of the molecule is Cc1ccc2nc(-c3c(N)sc4c3CCCC4)oc2c1. The molecular formula is C16H16N2OS. The fraction of sp³-hybridized carbons (Fsp3) is 0.312. The second kappa shape index (κ2) is 4.35. The summed E-state index contributed by atoms with van der Waals surface area (Å²) in [5, 5.41) is 0.847. The fourth-order valence-electron chi connectivity index (χ4n) is 2.96. The molecule has 0 atom stereocenters. The third kappa shape index (κ3) is 1.75. The van der Waals surface area contributed by atoms with Crippen LogP contribution in [0.3, 0.4) is 0 Å². The van der Waals surface area contributed by atoms with Crippen molar-refractivity contribution in [3.63, 3.8) is 0 Å². The van der Waals surface area contributed by atoms with Gasteiger partial charge in [-0.25, -0.2) is 4.98 Å². The van der Waals surface area contributed by atoms with E-state index in [1.807, 2.05) is 12.1 Å². The number of anilines is 1. The minimum atomic E-state index is 0.683. The molecule has 0 saturated carbocycles. The number of oxazole rings is 1. The highest BCUT2D eigenvalue weighted by Crippen LogP contribution is 2.42. The van der Waals surface area contributed by atoms with Gasteiger partial charge < -0.3 is 10.2 Å². The first-order valence-corrected chi connectivity index (χ1v) is 7.81. The number of nitrogens with zero attached hydrogens (tertiary/aromatic N) is 1. The third-order valence-electron chi connectivity index (χ3n) is 3.96. The van der Waals surface area contributed by atoms with Crippen LogP contribution in [-0.4, -0.2) is 4.98 Å². The summed E-state index contributed by atoms with van der Waals surface area (Å²) in [5.41, 5.74) is 11.6. The van der Waals surface area contributed by atoms with Crippen LogP contribution in [0.15, 0.2) is 22.6 Å². The maximum Gasteiger partial charge on any atom is 0.230 e. The summed E-state index contributed by atoms with van der Waals surface area (Å²) in [6.07, 6.45) is 4.73. The molecule has 3 nitrogen and oxygen atoms in total. The van der Waals surface area contributed by atoms with Gasteiger partial charge in [-0.2, -0.15) is 0 Å². The lowest BCUT2D eigenvalue weighted by atomic mass is 9.95. The van der Waals surface area contributed by atoms with E-state index >= 15 is 0 Å². The maximum atomic E-state index is 6.22. The third-order valence-corrected chi connectivity index (χ3v) is 5.08. The number of rotatable bonds is 1. The van der Waals surface area contributed by atoms with Gasteiger partial charge in [0.1, 0.15) is 5.52 Å². The second-order valence-electron chi connectivity index (χ2n) is 5.44. The topological polar surface area (TPSA) is 52.0 Å². The van der Waals surface area contributed by atoms with Crippen molar-refractivity contribution in [2.45, 2.75) is 32.6 Å². The van der Waals surface area contributed by atoms with Crippen LogP contribution in [0, 0.1) is 6.92 Å². The average molecular weight is 284 g/mol. The average Bonchev–Trinajstić information content (AvgIpc) is 2.97. The van der Waals surface area contributed by atoms with Crippen molar-refractivity contribution in [2.24, 2.45) is 0 Å². The smallest absolute Gasteiger partial charge is 0.230 e. The molecule has 4 rings (SSSR count). The first-order chi connectivity index (χ1) is 9.72. The Bertz CT molecular complexity index is 800. The molecular weight excluding hydrogens is 268 g/mol. The number of hydrogen-bond acceptors (Lipinski definition) is 4. The van der Waals surface area contributed by atoms with Crippen LogP contribution < -0.4 is 5.73 Å². The van der Waals surface area contributed by atoms with Gasteiger partial charge in [0, 0.05) is 4.88 Å². The van der Waals surface area contributed by atoms with Crippen LogP contribution >= 0.6 is 11.3 Å². The molecule has 2 N–H and O–H groups in total. The molecule has 0 saturated heterocycles. The summed E-state index contributed by atoms with van der Waals surface area (Å²) < 4.78 is 5.96. The fourth-order valence-corrected chi connectivity index (χ4v) is 4.11. The molecule has 20 heavy (non-hydrogen) atoms. The number of aromatic nitrogens is 1. The van der Waals surface area contributed by atoms with Gasteiger partial charge in [-0.3, -0.25) is 0 Å². The van der Waals surface area contributed by atoms with Gasteiger partial charge in [-0.15, -0.1) is 11.3 Å². The van der Waals surface area contributed by atoms with Crippen molar-refractivity contribution in [2.75, 3.05) is 5.73 Å². The molecule has 1 aromatic carbocycles. The Morgan fingerprint density at radius 2 is 2.10 bits per heavy atom. The van der Waals surface area contributed by atoms with Gasteiger partial charge in [0.25, 0.3) is 0 Å². The Balaban J connectivity index is 1.92. The van der Waals surface area contributed by atoms with Crippen LogP contribution in [0.5, 0.6) is 0 Å². The Morgan fingerprint density at radius 1 is 1.25 bits per heavy atom. The van der Waals surface area contributed by atoms with Crippen molar-refractivity contribution in [1.82, 2.24) is 4.98 Å². The predicted octanol–water partition coefficient (Wildman–Crippen LogP) is 4.33. The molecule has 2 heterocycles. The van der Waals surface area contributed by atoms with Crippen molar-refractivity contribution >= 4 is 27.4 Å². The van der Waals surface area contributed by atoms with E-state index in [0.29, 0.717) is 5.89 Å². The number of benzene rings is 1. The van der Waals surface area contributed by atoms with E-state index in [9.17, 15) is 0 Å². The van der Waals surface area contributed by atoms with Crippen molar-refractivity contribution < 1.29 is 4.42 Å². The number of nitrogens with two attached hydrogens (primary N) is 1. The Kier molecular flexibility index (Phi) is 2.60. The molecule has 0 fully saturated rings. The number of hydrogen-bond donors (Lipinski definition) is 1. The Labute approximate surface area is 121 Å². The number of thiophene rings is 1. The first-order valence-electron chi connectivity index (χ1n) is 7.00. The van der Waals surface area contributed by atoms with Gasteiger partial charge in [0.2, 0.25) is 5.89 Å². The van der Waals surface area contributed by atoms with E-state index in [1.165, 1.54) is 28.8 Å². The lowest BCUT2D eigenvalue weighted by Gasteiger charge is -2.10. The molecule has 3 aromatic rings. The van der Waals surface area contributed by atoms with E-state index in [-0.39, 0.29) is 0 Å². The molecule has 2 aromatic heterocycles. The maximum absolute atomic E-state index is 6.22. The zero-order valence-corrected chi connectivity index (χ0v) is 12.2. The first kappa shape index (κ1) is 12.0. The zero-order valence-electron chi connectivity index (χ0n) is 11.4. The Hall–Kier alpha value is -1.81. The summed E-state index contributed by atoms with van der Waals surface area (Å²) in [7, 11) is 0. The molecule has 1 aliphatic rings. The standard InChI is InChI=1S/C16H16N2OS/c1-9-6-7-11-12(8-9)19-16(18-11)14-10-4-2-3-5-13(10)20-15(14)17/h6-8H,2-5,17H2,1H3. The minimum absolute atomic E-state index is 0.683. The van der Waals surface area contributed by atoms with Crippen LogP contribution in [0.2, 0.25) is 0 Å². The van der Waals surface area contributed by atoms with Crippen LogP contribution in [0.1, 0.15) is 28.8 Å². The molecule has 0 spiro atoms. The second-order valence-corrected chi connectivity index (χ2v) is 6.58. The molecule has 0 radical (unpaired) electrons. The predicted molar refractivity (Wildman–Crippen MR) is 83.1 cm³/mol. The van der Waals surface area contributed by atoms with E-state index < -0.39 is 0 Å². The highest BCUT2D eigenvalue weighted by atomic mass is 32.1. The zero-order chi connectivity index (χ0) is 13.7. The van der Waals surface area contributed by atoms with Gasteiger partial charge in [0.15, 0.2) is 5.58 Å². The molecule has 1 aliphatic carbocycles. The number of fused-ring (bicyclic) bond motifs is 2. The molecule has 0 amide bonds. The summed E-state index contributed by atoms with van der Waals surface area (Å²) in [4.78, 5) is 6.04. The van der Waals surface area contributed by atoms with Crippen LogP contribution in [0.4, 0.5) is 5.00 Å². The number of nitrogen functional groups attached to an aromatic ring is 1. The van der Waals surface area contributed by atoms with Crippen molar-refractivity contribution in [1.29, 1.82) is 0 Å². The molecule has 0 aliphatic heterocycles. The lowest BCUT2D eigenvalue weighted by molar-refractivity contribution is 0.616. The number of aryl methyl sites for hydroxylation is 2. The largest absolute Gasteiger partial charge is 0.436 e. The van der Waals surface area contributed by atoms with Crippen LogP contribution in [-0.2, 0) is 12.8 Å². The van der Waals surface area contributed by atoms with Gasteiger partial charge >= 0.3 is 0 Å². The summed E-state index contributed by atoms with van der Waals surface area (Å²) in [6.45, 7) is 2.06. The van der Waals surface area contributed by atoms with E-state index in [4.69, 9.17) is 10.2 Å². The normalized spacial score (nSPS) is 14.7. The van der Waals surface area contributed by atoms with E-state index in [1.54, 1.807) is 11.3 Å². The highest BCUT2D eigenvalue weighted by Gasteiger charge is 2.23. The van der Waals surface area contributed by atoms with E-state index in [2.05, 4.69) is 18.0 Å². The molecule has 0 unspecified atom stereocenters. The van der Waals surface area contributed by atoms with Gasteiger partial charge in [-0.05, 0) is 55.9 Å². The summed E-state index contributed by atoms with van der Waals surface area (Å²) in [6, 6.07) is 6.09. The molecule has 4 heteroatoms.